The lowest BCUT2D eigenvalue weighted by atomic mass is 10.2. The smallest absolute Gasteiger partial charge is 0.255 e. The molecule has 18 heavy (non-hydrogen) atoms. The molecule has 6 heteroatoms. The highest BCUT2D eigenvalue weighted by atomic mass is 35.5. The second kappa shape index (κ2) is 6.56. The van der Waals surface area contributed by atoms with E-state index in [0.717, 1.165) is 0 Å². The average Bonchev–Trinajstić information content (AvgIpc) is 2.34. The molecule has 0 aliphatic heterocycles. The number of hydrazine groups is 1. The Kier molecular flexibility index (Phi) is 5.37. The van der Waals surface area contributed by atoms with Crippen molar-refractivity contribution < 1.29 is 4.79 Å². The highest BCUT2D eigenvalue weighted by Gasteiger charge is 2.16. The summed E-state index contributed by atoms with van der Waals surface area (Å²) < 4.78 is 0. The minimum Gasteiger partial charge on any atom is -0.339 e. The van der Waals surface area contributed by atoms with Crippen molar-refractivity contribution in [3.63, 3.8) is 0 Å². The molecule has 0 unspecified atom stereocenters. The van der Waals surface area contributed by atoms with Crippen molar-refractivity contribution in [1.29, 1.82) is 0 Å². The number of anilines is 1. The molecule has 0 saturated heterocycles. The Morgan fingerprint density at radius 2 is 2.28 bits per heavy atom. The summed E-state index contributed by atoms with van der Waals surface area (Å²) in [6, 6.07) is 1.58. The Bertz CT molecular complexity index is 423. The Morgan fingerprint density at radius 3 is 2.72 bits per heavy atom. The molecule has 5 nitrogen and oxygen atoms in total. The zero-order valence-electron chi connectivity index (χ0n) is 10.9. The fourth-order valence-corrected chi connectivity index (χ4v) is 1.86. The van der Waals surface area contributed by atoms with Gasteiger partial charge in [-0.15, -0.1) is 0 Å². The lowest BCUT2D eigenvalue weighted by molar-refractivity contribution is 0.0745. The van der Waals surface area contributed by atoms with Crippen LogP contribution < -0.4 is 11.3 Å². The van der Waals surface area contributed by atoms with Crippen LogP contribution in [0.3, 0.4) is 0 Å². The Labute approximate surface area is 112 Å². The van der Waals surface area contributed by atoms with Crippen LogP contribution in [0.5, 0.6) is 0 Å². The summed E-state index contributed by atoms with van der Waals surface area (Å²) in [5.74, 6) is 5.95. The maximum absolute atomic E-state index is 12.2. The molecule has 0 aromatic carbocycles. The summed E-state index contributed by atoms with van der Waals surface area (Å²) in [7, 11) is 0. The van der Waals surface area contributed by atoms with Gasteiger partial charge in [0.25, 0.3) is 5.91 Å². The number of pyridine rings is 1. The van der Waals surface area contributed by atoms with Crippen molar-refractivity contribution in [2.45, 2.75) is 20.8 Å². The van der Waals surface area contributed by atoms with Gasteiger partial charge in [0, 0.05) is 19.3 Å². The summed E-state index contributed by atoms with van der Waals surface area (Å²) in [6.45, 7) is 7.46. The molecule has 0 spiro atoms. The van der Waals surface area contributed by atoms with Gasteiger partial charge in [-0.1, -0.05) is 25.4 Å². The number of rotatable bonds is 5. The quantitative estimate of drug-likeness (QED) is 0.635. The van der Waals surface area contributed by atoms with Crippen molar-refractivity contribution in [1.82, 2.24) is 9.88 Å². The summed E-state index contributed by atoms with van der Waals surface area (Å²) in [6.07, 6.45) is 1.48. The van der Waals surface area contributed by atoms with Crippen LogP contribution in [-0.4, -0.2) is 28.9 Å². The SMILES string of the molecule is CCN(CC(C)C)C(=O)c1cnc(NN)c(Cl)c1. The van der Waals surface area contributed by atoms with Crippen molar-refractivity contribution in [2.24, 2.45) is 11.8 Å². The van der Waals surface area contributed by atoms with Gasteiger partial charge in [0.1, 0.15) is 0 Å². The molecule has 0 radical (unpaired) electrons. The van der Waals surface area contributed by atoms with Crippen LogP contribution in [0.2, 0.25) is 5.02 Å². The number of carbonyl (C=O) groups is 1. The number of nitrogen functional groups attached to an aromatic ring is 1. The van der Waals surface area contributed by atoms with Gasteiger partial charge in [0.05, 0.1) is 10.6 Å². The van der Waals surface area contributed by atoms with Crippen LogP contribution in [-0.2, 0) is 0 Å². The Balaban J connectivity index is 2.91. The normalized spacial score (nSPS) is 10.6. The first-order valence-electron chi connectivity index (χ1n) is 5.91. The number of amides is 1. The van der Waals surface area contributed by atoms with E-state index in [9.17, 15) is 4.79 Å². The summed E-state index contributed by atoms with van der Waals surface area (Å²) in [4.78, 5) is 18.0. The highest BCUT2D eigenvalue weighted by Crippen LogP contribution is 2.20. The molecule has 0 aliphatic rings. The zero-order valence-corrected chi connectivity index (χ0v) is 11.7. The lowest BCUT2D eigenvalue weighted by Gasteiger charge is -2.23. The lowest BCUT2D eigenvalue weighted by Crippen LogP contribution is -2.34. The van der Waals surface area contributed by atoms with E-state index in [1.165, 1.54) is 6.20 Å². The monoisotopic (exact) mass is 270 g/mol. The fourth-order valence-electron chi connectivity index (χ4n) is 1.64. The minimum atomic E-state index is -0.0656. The molecule has 100 valence electrons. The molecule has 0 fully saturated rings. The molecule has 0 bridgehead atoms. The van der Waals surface area contributed by atoms with Gasteiger partial charge in [-0.3, -0.25) is 4.79 Å². The first-order valence-corrected chi connectivity index (χ1v) is 6.28. The maximum atomic E-state index is 12.2. The van der Waals surface area contributed by atoms with Crippen LogP contribution in [0.25, 0.3) is 0 Å². The molecule has 1 heterocycles. The third kappa shape index (κ3) is 3.58. The molecule has 3 N–H and O–H groups in total. The second-order valence-corrected chi connectivity index (χ2v) is 4.84. The van der Waals surface area contributed by atoms with E-state index in [0.29, 0.717) is 35.4 Å². The molecular formula is C12H19ClN4O. The van der Waals surface area contributed by atoms with Crippen molar-refractivity contribution >= 4 is 23.3 Å². The van der Waals surface area contributed by atoms with Gasteiger partial charge in [0.15, 0.2) is 5.82 Å². The van der Waals surface area contributed by atoms with Crippen LogP contribution >= 0.6 is 11.6 Å². The van der Waals surface area contributed by atoms with Crippen LogP contribution in [0.15, 0.2) is 12.3 Å². The third-order valence-electron chi connectivity index (χ3n) is 2.48. The zero-order chi connectivity index (χ0) is 13.7. The first kappa shape index (κ1) is 14.7. The predicted octanol–water partition coefficient (Wildman–Crippen LogP) is 2.14. The minimum absolute atomic E-state index is 0.0656. The fraction of sp³-hybridized carbons (Fsp3) is 0.500. The van der Waals surface area contributed by atoms with E-state index in [4.69, 9.17) is 17.4 Å². The highest BCUT2D eigenvalue weighted by molar-refractivity contribution is 6.33. The summed E-state index contributed by atoms with van der Waals surface area (Å²) >= 11 is 5.95. The van der Waals surface area contributed by atoms with E-state index in [2.05, 4.69) is 24.3 Å². The number of hydrogen-bond acceptors (Lipinski definition) is 4. The van der Waals surface area contributed by atoms with Crippen LogP contribution in [0.4, 0.5) is 5.82 Å². The number of nitrogens with two attached hydrogens (primary N) is 1. The van der Waals surface area contributed by atoms with E-state index in [-0.39, 0.29) is 5.91 Å². The van der Waals surface area contributed by atoms with Crippen LogP contribution in [0.1, 0.15) is 31.1 Å². The molecule has 1 amide bonds. The number of halogens is 1. The van der Waals surface area contributed by atoms with Gasteiger partial charge >= 0.3 is 0 Å². The Hall–Kier alpha value is -1.33. The first-order chi connectivity index (χ1) is 8.49. The maximum Gasteiger partial charge on any atom is 0.255 e. The number of hydrogen-bond donors (Lipinski definition) is 2. The molecule has 1 aromatic rings. The van der Waals surface area contributed by atoms with Crippen molar-refractivity contribution in [3.05, 3.63) is 22.8 Å². The molecular weight excluding hydrogens is 252 g/mol. The van der Waals surface area contributed by atoms with Crippen molar-refractivity contribution in [3.8, 4) is 0 Å². The standard InChI is InChI=1S/C12H19ClN4O/c1-4-17(7-8(2)3)12(18)9-5-10(13)11(16-14)15-6-9/h5-6,8H,4,7,14H2,1-3H3,(H,15,16). The summed E-state index contributed by atoms with van der Waals surface area (Å²) in [5.41, 5.74) is 2.84. The van der Waals surface area contributed by atoms with Crippen molar-refractivity contribution in [2.75, 3.05) is 18.5 Å². The number of carbonyl (C=O) groups excluding carboxylic acids is 1. The van der Waals surface area contributed by atoms with Gasteiger partial charge in [-0.05, 0) is 18.9 Å². The molecule has 0 saturated carbocycles. The topological polar surface area (TPSA) is 71.2 Å². The molecule has 0 aliphatic carbocycles. The van der Waals surface area contributed by atoms with E-state index in [1.807, 2.05) is 6.92 Å². The third-order valence-corrected chi connectivity index (χ3v) is 2.77. The van der Waals surface area contributed by atoms with E-state index in [1.54, 1.807) is 11.0 Å². The average molecular weight is 271 g/mol. The van der Waals surface area contributed by atoms with Gasteiger partial charge in [-0.2, -0.15) is 0 Å². The molecule has 0 atom stereocenters. The number of aromatic nitrogens is 1. The summed E-state index contributed by atoms with van der Waals surface area (Å²) in [5, 5.41) is 0.337. The van der Waals surface area contributed by atoms with Crippen LogP contribution in [0, 0.1) is 5.92 Å². The largest absolute Gasteiger partial charge is 0.339 e. The second-order valence-electron chi connectivity index (χ2n) is 4.44. The van der Waals surface area contributed by atoms with Gasteiger partial charge in [0.2, 0.25) is 0 Å². The Morgan fingerprint density at radius 1 is 1.61 bits per heavy atom. The van der Waals surface area contributed by atoms with Gasteiger partial charge < -0.3 is 10.3 Å². The number of nitrogens with zero attached hydrogens (tertiary/aromatic N) is 2. The van der Waals surface area contributed by atoms with E-state index >= 15 is 0 Å². The van der Waals surface area contributed by atoms with Gasteiger partial charge in [-0.25, -0.2) is 10.8 Å². The molecule has 1 rings (SSSR count). The number of nitrogens with one attached hydrogen (secondary N) is 1. The molecule has 1 aromatic heterocycles. The predicted molar refractivity (Wildman–Crippen MR) is 73.5 cm³/mol. The van der Waals surface area contributed by atoms with E-state index < -0.39 is 0 Å².